The van der Waals surface area contributed by atoms with E-state index in [1.54, 1.807) is 7.11 Å². The molecular formula is C11H14N4O3. The number of nitriles is 1. The van der Waals surface area contributed by atoms with Crippen molar-refractivity contribution in [3.8, 4) is 6.07 Å². The summed E-state index contributed by atoms with van der Waals surface area (Å²) in [5.74, 6) is 0.126. The number of hydrogen-bond acceptors (Lipinski definition) is 6. The predicted octanol–water partition coefficient (Wildman–Crippen LogP) is 1.70. The second kappa shape index (κ2) is 5.42. The van der Waals surface area contributed by atoms with Crippen LogP contribution in [0.1, 0.15) is 19.4 Å². The molecule has 0 aliphatic heterocycles. The first-order chi connectivity index (χ1) is 8.39. The van der Waals surface area contributed by atoms with Gasteiger partial charge < -0.3 is 10.1 Å². The highest BCUT2D eigenvalue weighted by molar-refractivity contribution is 5.59. The van der Waals surface area contributed by atoms with E-state index < -0.39 is 10.5 Å². The number of ether oxygens (including phenoxy) is 1. The number of nitrogens with one attached hydrogen (secondary N) is 1. The first-order valence-corrected chi connectivity index (χ1v) is 5.21. The molecule has 96 valence electrons. The molecule has 1 heterocycles. The lowest BCUT2D eigenvalue weighted by atomic mass is 10.1. The lowest BCUT2D eigenvalue weighted by Crippen LogP contribution is -2.36. The SMILES string of the molecule is COCC(C)(C)Nc1ncc(C#N)cc1[N+](=O)[O-]. The molecule has 0 saturated heterocycles. The first-order valence-electron chi connectivity index (χ1n) is 5.21. The lowest BCUT2D eigenvalue weighted by molar-refractivity contribution is -0.384. The van der Waals surface area contributed by atoms with Crippen molar-refractivity contribution in [3.05, 3.63) is 27.9 Å². The molecule has 0 aromatic carbocycles. The van der Waals surface area contributed by atoms with Crippen LogP contribution in [0.4, 0.5) is 11.5 Å². The maximum Gasteiger partial charge on any atom is 0.312 e. The molecule has 0 spiro atoms. The van der Waals surface area contributed by atoms with Crippen LogP contribution in [-0.4, -0.2) is 29.2 Å². The predicted molar refractivity (Wildman–Crippen MR) is 65.2 cm³/mol. The molecule has 1 N–H and O–H groups in total. The van der Waals surface area contributed by atoms with E-state index in [1.165, 1.54) is 12.3 Å². The maximum absolute atomic E-state index is 10.9. The van der Waals surface area contributed by atoms with E-state index in [4.69, 9.17) is 10.00 Å². The van der Waals surface area contributed by atoms with Crippen molar-refractivity contribution < 1.29 is 9.66 Å². The normalized spacial score (nSPS) is 10.8. The molecule has 0 saturated carbocycles. The van der Waals surface area contributed by atoms with Crippen molar-refractivity contribution in [2.24, 2.45) is 0 Å². The second-order valence-corrected chi connectivity index (χ2v) is 4.40. The van der Waals surface area contributed by atoms with Gasteiger partial charge in [-0.3, -0.25) is 10.1 Å². The lowest BCUT2D eigenvalue weighted by Gasteiger charge is -2.25. The summed E-state index contributed by atoms with van der Waals surface area (Å²) < 4.78 is 5.01. The molecule has 0 unspecified atom stereocenters. The monoisotopic (exact) mass is 250 g/mol. The van der Waals surface area contributed by atoms with Crippen molar-refractivity contribution >= 4 is 11.5 Å². The van der Waals surface area contributed by atoms with Crippen molar-refractivity contribution in [3.63, 3.8) is 0 Å². The summed E-state index contributed by atoms with van der Waals surface area (Å²) in [5, 5.41) is 22.6. The molecule has 0 fully saturated rings. The fourth-order valence-electron chi connectivity index (χ4n) is 1.47. The topological polar surface area (TPSA) is 101 Å². The Morgan fingerprint density at radius 3 is 2.83 bits per heavy atom. The zero-order valence-corrected chi connectivity index (χ0v) is 10.4. The van der Waals surface area contributed by atoms with Gasteiger partial charge in [-0.15, -0.1) is 0 Å². The molecule has 0 bridgehead atoms. The standard InChI is InChI=1S/C11H14N4O3/c1-11(2,7-18-3)14-10-9(15(16)17)4-8(5-12)6-13-10/h4,6H,7H2,1-3H3,(H,13,14). The zero-order chi connectivity index (χ0) is 13.8. The van der Waals surface area contributed by atoms with Crippen LogP contribution in [0.3, 0.4) is 0 Å². The largest absolute Gasteiger partial charge is 0.382 e. The molecule has 0 atom stereocenters. The molecule has 0 aliphatic rings. The van der Waals surface area contributed by atoms with Gasteiger partial charge in [-0.1, -0.05) is 0 Å². The molecule has 7 nitrogen and oxygen atoms in total. The van der Waals surface area contributed by atoms with Gasteiger partial charge in [0.15, 0.2) is 0 Å². The number of rotatable bonds is 5. The molecule has 1 aromatic heterocycles. The number of nitrogens with zero attached hydrogens (tertiary/aromatic N) is 3. The number of aromatic nitrogens is 1. The van der Waals surface area contributed by atoms with Crippen LogP contribution >= 0.6 is 0 Å². The van der Waals surface area contributed by atoms with Gasteiger partial charge in [0.2, 0.25) is 5.82 Å². The van der Waals surface area contributed by atoms with Gasteiger partial charge in [0.1, 0.15) is 6.07 Å². The van der Waals surface area contributed by atoms with Crippen LogP contribution in [-0.2, 0) is 4.74 Å². The maximum atomic E-state index is 10.9. The minimum absolute atomic E-state index is 0.126. The Balaban J connectivity index is 3.10. The van der Waals surface area contributed by atoms with E-state index in [0.29, 0.717) is 6.61 Å². The zero-order valence-electron chi connectivity index (χ0n) is 10.4. The first kappa shape index (κ1) is 13.9. The van der Waals surface area contributed by atoms with Gasteiger partial charge in [-0.2, -0.15) is 5.26 Å². The molecule has 0 amide bonds. The molecule has 1 rings (SSSR count). The molecule has 0 aliphatic carbocycles. The van der Waals surface area contributed by atoms with Crippen LogP contribution in [0.5, 0.6) is 0 Å². The smallest absolute Gasteiger partial charge is 0.312 e. The summed E-state index contributed by atoms with van der Waals surface area (Å²) in [6, 6.07) is 3.01. The van der Waals surface area contributed by atoms with Gasteiger partial charge in [-0.05, 0) is 13.8 Å². The van der Waals surface area contributed by atoms with Gasteiger partial charge in [0.05, 0.1) is 22.6 Å². The van der Waals surface area contributed by atoms with Crippen molar-refractivity contribution in [2.45, 2.75) is 19.4 Å². The van der Waals surface area contributed by atoms with Crippen LogP contribution in [0.25, 0.3) is 0 Å². The van der Waals surface area contributed by atoms with Gasteiger partial charge in [-0.25, -0.2) is 4.98 Å². The van der Waals surface area contributed by atoms with Crippen molar-refractivity contribution in [1.82, 2.24) is 4.98 Å². The Bertz CT molecular complexity index is 494. The molecular weight excluding hydrogens is 236 g/mol. The minimum Gasteiger partial charge on any atom is -0.382 e. The van der Waals surface area contributed by atoms with E-state index in [-0.39, 0.29) is 17.1 Å². The Kier molecular flexibility index (Phi) is 4.18. The number of pyridine rings is 1. The Morgan fingerprint density at radius 1 is 1.67 bits per heavy atom. The Labute approximate surface area is 105 Å². The van der Waals surface area contributed by atoms with Crippen LogP contribution in [0.2, 0.25) is 0 Å². The fourth-order valence-corrected chi connectivity index (χ4v) is 1.47. The quantitative estimate of drug-likeness (QED) is 0.630. The highest BCUT2D eigenvalue weighted by Crippen LogP contribution is 2.25. The molecule has 18 heavy (non-hydrogen) atoms. The number of hydrogen-bond donors (Lipinski definition) is 1. The number of anilines is 1. The third-order valence-corrected chi connectivity index (χ3v) is 2.16. The van der Waals surface area contributed by atoms with Crippen molar-refractivity contribution in [2.75, 3.05) is 19.0 Å². The third kappa shape index (κ3) is 3.40. The average molecular weight is 250 g/mol. The van der Waals surface area contributed by atoms with Crippen LogP contribution in [0.15, 0.2) is 12.3 Å². The van der Waals surface area contributed by atoms with Gasteiger partial charge >= 0.3 is 5.69 Å². The highest BCUT2D eigenvalue weighted by Gasteiger charge is 2.24. The molecule has 0 radical (unpaired) electrons. The van der Waals surface area contributed by atoms with E-state index in [1.807, 2.05) is 19.9 Å². The van der Waals surface area contributed by atoms with Crippen molar-refractivity contribution in [1.29, 1.82) is 5.26 Å². The summed E-state index contributed by atoms with van der Waals surface area (Å²) in [6.45, 7) is 4.03. The van der Waals surface area contributed by atoms with Gasteiger partial charge in [0, 0.05) is 19.4 Å². The highest BCUT2D eigenvalue weighted by atomic mass is 16.6. The van der Waals surface area contributed by atoms with E-state index >= 15 is 0 Å². The summed E-state index contributed by atoms with van der Waals surface area (Å²) in [5.41, 5.74) is -0.573. The summed E-state index contributed by atoms with van der Waals surface area (Å²) in [4.78, 5) is 14.3. The third-order valence-electron chi connectivity index (χ3n) is 2.16. The van der Waals surface area contributed by atoms with Gasteiger partial charge in [0.25, 0.3) is 0 Å². The van der Waals surface area contributed by atoms with E-state index in [9.17, 15) is 10.1 Å². The summed E-state index contributed by atoms with van der Waals surface area (Å²) in [6.07, 6.45) is 1.29. The fraction of sp³-hybridized carbons (Fsp3) is 0.455. The minimum atomic E-state index is -0.570. The number of nitro groups is 1. The molecule has 1 aromatic rings. The Morgan fingerprint density at radius 2 is 2.33 bits per heavy atom. The van der Waals surface area contributed by atoms with E-state index in [2.05, 4.69) is 10.3 Å². The van der Waals surface area contributed by atoms with E-state index in [0.717, 1.165) is 0 Å². The summed E-state index contributed by atoms with van der Waals surface area (Å²) >= 11 is 0. The van der Waals surface area contributed by atoms with Crippen LogP contribution < -0.4 is 5.32 Å². The van der Waals surface area contributed by atoms with Crippen LogP contribution in [0, 0.1) is 21.4 Å². The number of methoxy groups -OCH3 is 1. The summed E-state index contributed by atoms with van der Waals surface area (Å²) in [7, 11) is 1.55. The molecule has 7 heteroatoms. The second-order valence-electron chi connectivity index (χ2n) is 4.40. The average Bonchev–Trinajstić information content (AvgIpc) is 2.28. The Hall–Kier alpha value is -2.20.